The van der Waals surface area contributed by atoms with E-state index in [1.165, 1.54) is 12.1 Å². The van der Waals surface area contributed by atoms with Crippen molar-refractivity contribution >= 4 is 24.8 Å². The maximum absolute atomic E-state index is 12.7. The highest BCUT2D eigenvalue weighted by Gasteiger charge is 2.12. The van der Waals surface area contributed by atoms with Gasteiger partial charge in [-0.1, -0.05) is 0 Å². The zero-order valence-corrected chi connectivity index (χ0v) is 12.7. The molecule has 0 bridgehead atoms. The standard InChI is InChI=1S/C13H19FN2O.2ClH/c1-15-6-8-16(9-7-15)10-11-17-13-4-2-12(14)3-5-13;;/h2-5H,6-11H2,1H3;2*1H. The third-order valence-corrected chi connectivity index (χ3v) is 3.09. The van der Waals surface area contributed by atoms with Crippen molar-refractivity contribution in [3.05, 3.63) is 30.1 Å². The Bertz CT molecular complexity index is 343. The van der Waals surface area contributed by atoms with Gasteiger partial charge in [0.25, 0.3) is 0 Å². The molecule has 0 radical (unpaired) electrons. The number of nitrogens with zero attached hydrogens (tertiary/aromatic N) is 2. The maximum atomic E-state index is 12.7. The Morgan fingerprint density at radius 2 is 1.63 bits per heavy atom. The van der Waals surface area contributed by atoms with Crippen molar-refractivity contribution in [2.45, 2.75) is 0 Å². The Morgan fingerprint density at radius 1 is 1.05 bits per heavy atom. The van der Waals surface area contributed by atoms with Crippen LogP contribution in [-0.2, 0) is 0 Å². The molecule has 1 aromatic rings. The lowest BCUT2D eigenvalue weighted by Crippen LogP contribution is -2.45. The first-order valence-electron chi connectivity index (χ1n) is 6.03. The van der Waals surface area contributed by atoms with Gasteiger partial charge >= 0.3 is 0 Å². The zero-order valence-electron chi connectivity index (χ0n) is 11.0. The highest BCUT2D eigenvalue weighted by Crippen LogP contribution is 2.11. The molecule has 1 aliphatic heterocycles. The van der Waals surface area contributed by atoms with Crippen molar-refractivity contribution in [2.75, 3.05) is 46.4 Å². The van der Waals surface area contributed by atoms with Gasteiger partial charge in [0, 0.05) is 32.7 Å². The van der Waals surface area contributed by atoms with E-state index in [2.05, 4.69) is 16.8 Å². The van der Waals surface area contributed by atoms with Gasteiger partial charge in [0.2, 0.25) is 0 Å². The van der Waals surface area contributed by atoms with Crippen LogP contribution < -0.4 is 4.74 Å². The van der Waals surface area contributed by atoms with E-state index in [1.807, 2.05) is 0 Å². The topological polar surface area (TPSA) is 15.7 Å². The second-order valence-electron chi connectivity index (χ2n) is 4.45. The van der Waals surface area contributed by atoms with Crippen molar-refractivity contribution in [1.29, 1.82) is 0 Å². The second-order valence-corrected chi connectivity index (χ2v) is 4.45. The number of piperazine rings is 1. The van der Waals surface area contributed by atoms with Gasteiger partial charge in [-0.25, -0.2) is 4.39 Å². The van der Waals surface area contributed by atoms with Crippen LogP contribution >= 0.6 is 24.8 Å². The molecule has 0 aliphatic carbocycles. The molecule has 0 spiro atoms. The second kappa shape index (κ2) is 9.37. The van der Waals surface area contributed by atoms with Crippen LogP contribution in [0.25, 0.3) is 0 Å². The molecule has 1 aliphatic rings. The summed E-state index contributed by atoms with van der Waals surface area (Å²) in [7, 11) is 2.15. The zero-order chi connectivity index (χ0) is 12.1. The van der Waals surface area contributed by atoms with E-state index in [0.717, 1.165) is 38.5 Å². The average molecular weight is 311 g/mol. The van der Waals surface area contributed by atoms with Gasteiger partial charge in [-0.2, -0.15) is 0 Å². The Labute approximate surface area is 126 Å². The van der Waals surface area contributed by atoms with E-state index in [9.17, 15) is 4.39 Å². The smallest absolute Gasteiger partial charge is 0.123 e. The number of hydrogen-bond acceptors (Lipinski definition) is 3. The summed E-state index contributed by atoms with van der Waals surface area (Å²) in [5.41, 5.74) is 0. The van der Waals surface area contributed by atoms with Gasteiger partial charge in [-0.15, -0.1) is 24.8 Å². The van der Waals surface area contributed by atoms with Gasteiger partial charge in [0.1, 0.15) is 18.2 Å². The van der Waals surface area contributed by atoms with Crippen LogP contribution in [0.1, 0.15) is 0 Å². The van der Waals surface area contributed by atoms with Gasteiger partial charge in [0.15, 0.2) is 0 Å². The van der Waals surface area contributed by atoms with E-state index in [4.69, 9.17) is 4.74 Å². The molecule has 1 heterocycles. The molecule has 2 rings (SSSR count). The van der Waals surface area contributed by atoms with E-state index in [1.54, 1.807) is 12.1 Å². The normalized spacial score (nSPS) is 16.3. The molecule has 0 amide bonds. The number of likely N-dealkylation sites (N-methyl/N-ethyl adjacent to an activating group) is 1. The Morgan fingerprint density at radius 3 is 2.21 bits per heavy atom. The molecular weight excluding hydrogens is 290 g/mol. The summed E-state index contributed by atoms with van der Waals surface area (Å²) in [4.78, 5) is 4.72. The molecule has 0 saturated carbocycles. The fraction of sp³-hybridized carbons (Fsp3) is 0.538. The third kappa shape index (κ3) is 6.43. The van der Waals surface area contributed by atoms with E-state index in [0.29, 0.717) is 6.61 Å². The van der Waals surface area contributed by atoms with Gasteiger partial charge < -0.3 is 9.64 Å². The average Bonchev–Trinajstić information content (AvgIpc) is 2.34. The summed E-state index contributed by atoms with van der Waals surface area (Å²) in [5, 5.41) is 0. The highest BCUT2D eigenvalue weighted by atomic mass is 35.5. The molecule has 1 saturated heterocycles. The first kappa shape index (κ1) is 18.4. The predicted molar refractivity (Wildman–Crippen MR) is 80.3 cm³/mol. The summed E-state index contributed by atoms with van der Waals surface area (Å²) in [6.07, 6.45) is 0. The van der Waals surface area contributed by atoms with Crippen LogP contribution in [0, 0.1) is 5.82 Å². The molecule has 1 fully saturated rings. The quantitative estimate of drug-likeness (QED) is 0.848. The van der Waals surface area contributed by atoms with Crippen LogP contribution in [0.3, 0.4) is 0 Å². The molecule has 0 aromatic heterocycles. The largest absolute Gasteiger partial charge is 0.492 e. The highest BCUT2D eigenvalue weighted by molar-refractivity contribution is 5.85. The van der Waals surface area contributed by atoms with Crippen molar-refractivity contribution in [1.82, 2.24) is 9.80 Å². The number of hydrogen-bond donors (Lipinski definition) is 0. The minimum atomic E-state index is -0.226. The van der Waals surface area contributed by atoms with Gasteiger partial charge in [-0.3, -0.25) is 4.90 Å². The van der Waals surface area contributed by atoms with Crippen molar-refractivity contribution < 1.29 is 9.13 Å². The molecule has 19 heavy (non-hydrogen) atoms. The molecular formula is C13H21Cl2FN2O. The summed E-state index contributed by atoms with van der Waals surface area (Å²) < 4.78 is 18.2. The Kier molecular flexibility index (Phi) is 9.10. The Balaban J connectivity index is 0.00000162. The first-order valence-corrected chi connectivity index (χ1v) is 6.03. The molecule has 0 N–H and O–H groups in total. The summed E-state index contributed by atoms with van der Waals surface area (Å²) in [6, 6.07) is 6.18. The number of halogens is 3. The fourth-order valence-electron chi connectivity index (χ4n) is 1.89. The molecule has 0 atom stereocenters. The molecule has 1 aromatic carbocycles. The summed E-state index contributed by atoms with van der Waals surface area (Å²) in [6.45, 7) is 6.04. The van der Waals surface area contributed by atoms with Crippen LogP contribution in [-0.4, -0.2) is 56.2 Å². The first-order chi connectivity index (χ1) is 8.24. The summed E-state index contributed by atoms with van der Waals surface area (Å²) >= 11 is 0. The van der Waals surface area contributed by atoms with Crippen LogP contribution in [0.4, 0.5) is 4.39 Å². The number of ether oxygens (including phenoxy) is 1. The molecule has 3 nitrogen and oxygen atoms in total. The number of rotatable bonds is 4. The third-order valence-electron chi connectivity index (χ3n) is 3.09. The Hall–Kier alpha value is -0.550. The SMILES string of the molecule is CN1CCN(CCOc2ccc(F)cc2)CC1.Cl.Cl. The number of benzene rings is 1. The molecule has 110 valence electrons. The van der Waals surface area contributed by atoms with Gasteiger partial charge in [0.05, 0.1) is 0 Å². The predicted octanol–water partition coefficient (Wildman–Crippen LogP) is 2.30. The van der Waals surface area contributed by atoms with Crippen molar-refractivity contribution in [2.24, 2.45) is 0 Å². The monoisotopic (exact) mass is 310 g/mol. The molecule has 0 unspecified atom stereocenters. The minimum absolute atomic E-state index is 0. The van der Waals surface area contributed by atoms with E-state index >= 15 is 0 Å². The van der Waals surface area contributed by atoms with Crippen molar-refractivity contribution in [3.8, 4) is 5.75 Å². The van der Waals surface area contributed by atoms with Crippen molar-refractivity contribution in [3.63, 3.8) is 0 Å². The summed E-state index contributed by atoms with van der Waals surface area (Å²) in [5.74, 6) is 0.511. The van der Waals surface area contributed by atoms with E-state index < -0.39 is 0 Å². The minimum Gasteiger partial charge on any atom is -0.492 e. The maximum Gasteiger partial charge on any atom is 0.123 e. The van der Waals surface area contributed by atoms with Gasteiger partial charge in [-0.05, 0) is 31.3 Å². The van der Waals surface area contributed by atoms with Crippen LogP contribution in [0.15, 0.2) is 24.3 Å². The van der Waals surface area contributed by atoms with Crippen LogP contribution in [0.2, 0.25) is 0 Å². The molecule has 6 heteroatoms. The van der Waals surface area contributed by atoms with Crippen LogP contribution in [0.5, 0.6) is 5.75 Å². The lowest BCUT2D eigenvalue weighted by molar-refractivity contribution is 0.133. The fourth-order valence-corrected chi connectivity index (χ4v) is 1.89. The van der Waals surface area contributed by atoms with E-state index in [-0.39, 0.29) is 30.6 Å². The lowest BCUT2D eigenvalue weighted by Gasteiger charge is -2.32. The lowest BCUT2D eigenvalue weighted by atomic mass is 10.3.